The minimum Gasteiger partial charge on any atom is -0.345 e. The fraction of sp³-hybridized carbons (Fsp3) is 0.231. The Morgan fingerprint density at radius 2 is 1.65 bits per heavy atom. The number of carbonyl (C=O) groups excluding carboxylic acids is 1. The zero-order valence-electron chi connectivity index (χ0n) is 18.0. The third kappa shape index (κ3) is 4.64. The number of carbonyl (C=O) groups is 1. The monoisotopic (exact) mass is 431 g/mol. The van der Waals surface area contributed by atoms with E-state index in [9.17, 15) is 4.79 Å². The number of hydrogen-bond donors (Lipinski definition) is 1. The number of nitrogens with one attached hydrogen (secondary N) is 1. The van der Waals surface area contributed by atoms with Crippen LogP contribution < -0.4 is 5.32 Å². The smallest absolute Gasteiger partial charge is 0.253 e. The van der Waals surface area contributed by atoms with Crippen LogP contribution in [0.2, 0.25) is 5.02 Å². The van der Waals surface area contributed by atoms with E-state index in [-0.39, 0.29) is 11.3 Å². The van der Waals surface area contributed by atoms with E-state index in [2.05, 4.69) is 61.0 Å². The van der Waals surface area contributed by atoms with Gasteiger partial charge in [0, 0.05) is 6.54 Å². The zero-order valence-corrected chi connectivity index (χ0v) is 18.8. The Bertz CT molecular complexity index is 1220. The molecule has 0 saturated carbocycles. The van der Waals surface area contributed by atoms with Gasteiger partial charge in [-0.1, -0.05) is 80.9 Å². The van der Waals surface area contributed by atoms with E-state index >= 15 is 0 Å². The molecule has 3 aromatic carbocycles. The van der Waals surface area contributed by atoms with E-state index in [0.29, 0.717) is 23.7 Å². The third-order valence-electron chi connectivity index (χ3n) is 5.42. The van der Waals surface area contributed by atoms with Crippen molar-refractivity contribution in [3.8, 4) is 0 Å². The molecule has 1 heterocycles. The van der Waals surface area contributed by atoms with Gasteiger partial charge in [0.2, 0.25) is 0 Å². The summed E-state index contributed by atoms with van der Waals surface area (Å²) < 4.78 is 2.16. The number of fused-ring (bicyclic) bond motifs is 1. The molecule has 31 heavy (non-hydrogen) atoms. The molecule has 5 heteroatoms. The van der Waals surface area contributed by atoms with Gasteiger partial charge in [-0.25, -0.2) is 4.98 Å². The standard InChI is InChI=1S/C26H26ClN3O/c1-26(2,3)19-14-12-18(13-15-19)17-30-23-11-7-6-10-22(23)29-24(30)16-28-25(31)20-8-4-5-9-21(20)27/h4-15H,16-17H2,1-3H3,(H,28,31). The van der Waals surface area contributed by atoms with Crippen LogP contribution in [0.25, 0.3) is 11.0 Å². The van der Waals surface area contributed by atoms with Crippen LogP contribution in [0.3, 0.4) is 0 Å². The molecular weight excluding hydrogens is 406 g/mol. The van der Waals surface area contributed by atoms with E-state index in [1.54, 1.807) is 18.2 Å². The Kier molecular flexibility index (Phi) is 5.84. The third-order valence-corrected chi connectivity index (χ3v) is 5.75. The van der Waals surface area contributed by atoms with Crippen molar-refractivity contribution in [2.75, 3.05) is 0 Å². The molecule has 0 unspecified atom stereocenters. The highest BCUT2D eigenvalue weighted by Gasteiger charge is 2.16. The molecule has 0 saturated heterocycles. The van der Waals surface area contributed by atoms with Crippen LogP contribution in [0.15, 0.2) is 72.8 Å². The Labute approximate surface area is 187 Å². The second-order valence-electron chi connectivity index (χ2n) is 8.71. The quantitative estimate of drug-likeness (QED) is 0.423. The Balaban J connectivity index is 1.60. The maximum absolute atomic E-state index is 12.6. The fourth-order valence-corrected chi connectivity index (χ4v) is 3.85. The highest BCUT2D eigenvalue weighted by Crippen LogP contribution is 2.24. The van der Waals surface area contributed by atoms with Gasteiger partial charge in [-0.05, 0) is 40.8 Å². The van der Waals surface area contributed by atoms with Crippen molar-refractivity contribution in [1.29, 1.82) is 0 Å². The van der Waals surface area contributed by atoms with E-state index in [1.807, 2.05) is 24.3 Å². The van der Waals surface area contributed by atoms with Crippen LogP contribution >= 0.6 is 11.6 Å². The minimum absolute atomic E-state index is 0.119. The Morgan fingerprint density at radius 1 is 0.968 bits per heavy atom. The summed E-state index contributed by atoms with van der Waals surface area (Å²) in [6.07, 6.45) is 0. The number of benzene rings is 3. The predicted molar refractivity (Wildman–Crippen MR) is 127 cm³/mol. The summed E-state index contributed by atoms with van der Waals surface area (Å²) in [5.41, 5.74) is 5.03. The van der Waals surface area contributed by atoms with Gasteiger partial charge >= 0.3 is 0 Å². The number of hydrogen-bond acceptors (Lipinski definition) is 2. The number of rotatable bonds is 5. The summed E-state index contributed by atoms with van der Waals surface area (Å²) in [5, 5.41) is 3.40. The van der Waals surface area contributed by atoms with Crippen molar-refractivity contribution in [3.63, 3.8) is 0 Å². The molecule has 4 rings (SSSR count). The Morgan fingerprint density at radius 3 is 2.35 bits per heavy atom. The molecule has 4 aromatic rings. The summed E-state index contributed by atoms with van der Waals surface area (Å²) in [5.74, 6) is 0.597. The molecule has 1 amide bonds. The van der Waals surface area contributed by atoms with Gasteiger partial charge in [0.15, 0.2) is 0 Å². The van der Waals surface area contributed by atoms with Gasteiger partial charge < -0.3 is 9.88 Å². The molecule has 1 aromatic heterocycles. The summed E-state index contributed by atoms with van der Waals surface area (Å²) >= 11 is 6.17. The molecule has 1 N–H and O–H groups in total. The molecule has 0 aliphatic carbocycles. The van der Waals surface area contributed by atoms with E-state index in [4.69, 9.17) is 16.6 Å². The highest BCUT2D eigenvalue weighted by molar-refractivity contribution is 6.33. The molecular formula is C26H26ClN3O. The molecule has 0 atom stereocenters. The number of aromatic nitrogens is 2. The van der Waals surface area contributed by atoms with Crippen LogP contribution in [-0.4, -0.2) is 15.5 Å². The van der Waals surface area contributed by atoms with Gasteiger partial charge in [0.25, 0.3) is 5.91 Å². The molecule has 0 aliphatic rings. The molecule has 0 fully saturated rings. The van der Waals surface area contributed by atoms with Gasteiger partial charge in [0.05, 0.1) is 28.2 Å². The van der Waals surface area contributed by atoms with Gasteiger partial charge in [-0.2, -0.15) is 0 Å². The van der Waals surface area contributed by atoms with E-state index in [1.165, 1.54) is 11.1 Å². The number of halogens is 1. The maximum atomic E-state index is 12.6. The molecule has 0 spiro atoms. The number of nitrogens with zero attached hydrogens (tertiary/aromatic N) is 2. The number of para-hydroxylation sites is 2. The van der Waals surface area contributed by atoms with Gasteiger partial charge in [-0.15, -0.1) is 0 Å². The second-order valence-corrected chi connectivity index (χ2v) is 9.12. The van der Waals surface area contributed by atoms with Crippen molar-refractivity contribution in [2.45, 2.75) is 39.3 Å². The zero-order chi connectivity index (χ0) is 22.0. The SMILES string of the molecule is CC(C)(C)c1ccc(Cn2c(CNC(=O)c3ccccc3Cl)nc3ccccc32)cc1. The first-order chi connectivity index (χ1) is 14.8. The number of imidazole rings is 1. The van der Waals surface area contributed by atoms with E-state index < -0.39 is 0 Å². The second kappa shape index (κ2) is 8.56. The van der Waals surface area contributed by atoms with Crippen molar-refractivity contribution in [3.05, 3.63) is 100 Å². The first kappa shape index (κ1) is 21.1. The van der Waals surface area contributed by atoms with Crippen molar-refractivity contribution in [1.82, 2.24) is 14.9 Å². The summed E-state index contributed by atoms with van der Waals surface area (Å²) in [7, 11) is 0. The van der Waals surface area contributed by atoms with Crippen LogP contribution in [0.5, 0.6) is 0 Å². The molecule has 158 valence electrons. The number of amides is 1. The average Bonchev–Trinajstić information content (AvgIpc) is 3.09. The molecule has 0 radical (unpaired) electrons. The van der Waals surface area contributed by atoms with Crippen molar-refractivity contribution in [2.24, 2.45) is 0 Å². The topological polar surface area (TPSA) is 46.9 Å². The van der Waals surface area contributed by atoms with Crippen LogP contribution in [-0.2, 0) is 18.5 Å². The first-order valence-electron chi connectivity index (χ1n) is 10.4. The lowest BCUT2D eigenvalue weighted by atomic mass is 9.87. The highest BCUT2D eigenvalue weighted by atomic mass is 35.5. The van der Waals surface area contributed by atoms with Crippen LogP contribution in [0.4, 0.5) is 0 Å². The maximum Gasteiger partial charge on any atom is 0.253 e. The Hall–Kier alpha value is -3.11. The van der Waals surface area contributed by atoms with Gasteiger partial charge in [0.1, 0.15) is 5.82 Å². The predicted octanol–water partition coefficient (Wildman–Crippen LogP) is 5.97. The normalized spacial score (nSPS) is 11.6. The average molecular weight is 432 g/mol. The van der Waals surface area contributed by atoms with Crippen molar-refractivity contribution >= 4 is 28.5 Å². The van der Waals surface area contributed by atoms with Crippen molar-refractivity contribution < 1.29 is 4.79 Å². The largest absolute Gasteiger partial charge is 0.345 e. The lowest BCUT2D eigenvalue weighted by Crippen LogP contribution is -2.25. The van der Waals surface area contributed by atoms with Crippen LogP contribution in [0.1, 0.15) is 48.1 Å². The molecule has 4 nitrogen and oxygen atoms in total. The summed E-state index contributed by atoms with van der Waals surface area (Å²) in [6.45, 7) is 7.64. The summed E-state index contributed by atoms with van der Waals surface area (Å²) in [6, 6.07) is 23.8. The van der Waals surface area contributed by atoms with Gasteiger partial charge in [-0.3, -0.25) is 4.79 Å². The lowest BCUT2D eigenvalue weighted by Gasteiger charge is -2.19. The first-order valence-corrected chi connectivity index (χ1v) is 10.8. The van der Waals surface area contributed by atoms with Crippen LogP contribution in [0, 0.1) is 0 Å². The van der Waals surface area contributed by atoms with E-state index in [0.717, 1.165) is 16.9 Å². The lowest BCUT2D eigenvalue weighted by molar-refractivity contribution is 0.0949. The fourth-order valence-electron chi connectivity index (χ4n) is 3.63. The summed E-state index contributed by atoms with van der Waals surface area (Å²) in [4.78, 5) is 17.4. The minimum atomic E-state index is -0.210. The molecule has 0 aliphatic heterocycles. The molecule has 0 bridgehead atoms.